The maximum atomic E-state index is 5.28. The molecule has 1 unspecified atom stereocenters. The molecule has 0 aromatic rings. The summed E-state index contributed by atoms with van der Waals surface area (Å²) in [6.07, 6.45) is 4.44. The number of thioether (sulfide) groups is 1. The van der Waals surface area contributed by atoms with E-state index in [9.17, 15) is 0 Å². The Kier molecular flexibility index (Phi) is 8.38. The molecule has 0 bridgehead atoms. The van der Waals surface area contributed by atoms with Crippen LogP contribution in [0.15, 0.2) is 0 Å². The minimum atomic E-state index is 0.527. The van der Waals surface area contributed by atoms with Gasteiger partial charge < -0.3 is 10.2 Å². The smallest absolute Gasteiger partial charge is 0.168 e. The number of thiocarbonyl (C=S) groups is 1. The summed E-state index contributed by atoms with van der Waals surface area (Å²) >= 11 is 7.16. The predicted molar refractivity (Wildman–Crippen MR) is 71.1 cm³/mol. The van der Waals surface area contributed by atoms with Crippen molar-refractivity contribution in [2.45, 2.75) is 32.7 Å². The molecule has 0 aliphatic carbocycles. The quantitative estimate of drug-likeness (QED) is 0.709. The molecule has 0 rings (SSSR count). The lowest BCUT2D eigenvalue weighted by atomic mass is 10.2. The lowest BCUT2D eigenvalue weighted by molar-refractivity contribution is 0.377. The van der Waals surface area contributed by atoms with Crippen LogP contribution in [0.3, 0.4) is 0 Å². The summed E-state index contributed by atoms with van der Waals surface area (Å²) in [5, 5.41) is 4.12. The van der Waals surface area contributed by atoms with Gasteiger partial charge in [0.15, 0.2) is 5.11 Å². The molecule has 1 atom stereocenters. The Morgan fingerprint density at radius 2 is 2.21 bits per heavy atom. The molecule has 84 valence electrons. The Bertz CT molecular complexity index is 162. The summed E-state index contributed by atoms with van der Waals surface area (Å²) in [5.41, 5.74) is 0. The lowest BCUT2D eigenvalue weighted by Gasteiger charge is -2.27. The van der Waals surface area contributed by atoms with E-state index in [0.717, 1.165) is 18.1 Å². The third-order valence-corrected chi connectivity index (χ3v) is 3.32. The van der Waals surface area contributed by atoms with Crippen molar-refractivity contribution >= 4 is 29.1 Å². The second-order valence-electron chi connectivity index (χ2n) is 3.47. The summed E-state index contributed by atoms with van der Waals surface area (Å²) in [6, 6.07) is 0.527. The number of nitrogens with one attached hydrogen (secondary N) is 1. The van der Waals surface area contributed by atoms with Gasteiger partial charge in [-0.25, -0.2) is 0 Å². The van der Waals surface area contributed by atoms with Gasteiger partial charge in [0, 0.05) is 19.6 Å². The normalized spacial score (nSPS) is 12.3. The molecule has 0 amide bonds. The van der Waals surface area contributed by atoms with E-state index in [1.807, 2.05) is 11.8 Å². The first-order valence-corrected chi connectivity index (χ1v) is 6.93. The molecule has 0 aliphatic rings. The maximum Gasteiger partial charge on any atom is 0.168 e. The van der Waals surface area contributed by atoms with E-state index in [0.29, 0.717) is 6.04 Å². The highest BCUT2D eigenvalue weighted by atomic mass is 32.2. The van der Waals surface area contributed by atoms with E-state index in [1.54, 1.807) is 0 Å². The summed E-state index contributed by atoms with van der Waals surface area (Å²) in [6.45, 7) is 5.33. The summed E-state index contributed by atoms with van der Waals surface area (Å²) in [4.78, 5) is 2.15. The second-order valence-corrected chi connectivity index (χ2v) is 4.85. The van der Waals surface area contributed by atoms with Crippen LogP contribution in [-0.4, -0.2) is 41.7 Å². The Morgan fingerprint density at radius 3 is 2.71 bits per heavy atom. The van der Waals surface area contributed by atoms with Crippen LogP contribution in [0.5, 0.6) is 0 Å². The Balaban J connectivity index is 3.78. The Labute approximate surface area is 97.8 Å². The van der Waals surface area contributed by atoms with Gasteiger partial charge >= 0.3 is 0 Å². The molecule has 0 saturated heterocycles. The molecule has 0 aliphatic heterocycles. The van der Waals surface area contributed by atoms with E-state index in [1.165, 1.54) is 12.2 Å². The molecular formula is C10H22N2S2. The minimum absolute atomic E-state index is 0.527. The molecule has 14 heavy (non-hydrogen) atoms. The van der Waals surface area contributed by atoms with E-state index >= 15 is 0 Å². The largest absolute Gasteiger partial charge is 0.363 e. The zero-order valence-electron chi connectivity index (χ0n) is 9.67. The molecule has 0 aromatic carbocycles. The molecule has 2 nitrogen and oxygen atoms in total. The van der Waals surface area contributed by atoms with Gasteiger partial charge in [-0.15, -0.1) is 0 Å². The Morgan fingerprint density at radius 1 is 1.57 bits per heavy atom. The van der Waals surface area contributed by atoms with Gasteiger partial charge in [-0.05, 0) is 44.0 Å². The van der Waals surface area contributed by atoms with Gasteiger partial charge in [-0.3, -0.25) is 0 Å². The van der Waals surface area contributed by atoms with Gasteiger partial charge in [-0.2, -0.15) is 11.8 Å². The highest BCUT2D eigenvalue weighted by molar-refractivity contribution is 7.98. The minimum Gasteiger partial charge on any atom is -0.363 e. The fourth-order valence-electron chi connectivity index (χ4n) is 1.04. The van der Waals surface area contributed by atoms with E-state index in [-0.39, 0.29) is 0 Å². The molecule has 0 aromatic heterocycles. The van der Waals surface area contributed by atoms with Gasteiger partial charge in [0.25, 0.3) is 0 Å². The van der Waals surface area contributed by atoms with Crippen molar-refractivity contribution in [3.63, 3.8) is 0 Å². The molecule has 0 saturated carbocycles. The summed E-state index contributed by atoms with van der Waals surface area (Å²) in [5.74, 6) is 1.20. The molecule has 1 N–H and O–H groups in total. The third kappa shape index (κ3) is 5.70. The first-order valence-electron chi connectivity index (χ1n) is 5.13. The topological polar surface area (TPSA) is 15.3 Å². The number of hydrogen-bond acceptors (Lipinski definition) is 2. The van der Waals surface area contributed by atoms with E-state index < -0.39 is 0 Å². The number of hydrogen-bond donors (Lipinski definition) is 1. The SMILES string of the molecule is CCCNC(=S)N(C)C(C)CCSC. The van der Waals surface area contributed by atoms with Crippen LogP contribution in [0.1, 0.15) is 26.7 Å². The molecule has 0 spiro atoms. The van der Waals surface area contributed by atoms with Crippen molar-refractivity contribution in [2.24, 2.45) is 0 Å². The van der Waals surface area contributed by atoms with Crippen LogP contribution >= 0.6 is 24.0 Å². The molecule has 0 heterocycles. The van der Waals surface area contributed by atoms with Gasteiger partial charge in [0.1, 0.15) is 0 Å². The summed E-state index contributed by atoms with van der Waals surface area (Å²) < 4.78 is 0. The predicted octanol–water partition coefficient (Wildman–Crippen LogP) is 2.34. The highest BCUT2D eigenvalue weighted by Crippen LogP contribution is 2.06. The van der Waals surface area contributed by atoms with Crippen molar-refractivity contribution in [1.82, 2.24) is 10.2 Å². The van der Waals surface area contributed by atoms with Crippen LogP contribution in [-0.2, 0) is 0 Å². The second kappa shape index (κ2) is 8.36. The molecule has 0 fully saturated rings. The monoisotopic (exact) mass is 234 g/mol. The zero-order valence-corrected chi connectivity index (χ0v) is 11.3. The van der Waals surface area contributed by atoms with Crippen LogP contribution in [0.2, 0.25) is 0 Å². The van der Waals surface area contributed by atoms with Crippen LogP contribution < -0.4 is 5.32 Å². The van der Waals surface area contributed by atoms with Gasteiger partial charge in [-0.1, -0.05) is 6.92 Å². The lowest BCUT2D eigenvalue weighted by Crippen LogP contribution is -2.42. The first kappa shape index (κ1) is 14.0. The van der Waals surface area contributed by atoms with Gasteiger partial charge in [0.05, 0.1) is 0 Å². The van der Waals surface area contributed by atoms with Crippen LogP contribution in [0, 0.1) is 0 Å². The average Bonchev–Trinajstić information content (AvgIpc) is 2.21. The standard InChI is InChI=1S/C10H22N2S2/c1-5-7-11-10(13)12(3)9(2)6-8-14-4/h9H,5-8H2,1-4H3,(H,11,13). The molecule has 4 heteroatoms. The van der Waals surface area contributed by atoms with Crippen LogP contribution in [0.4, 0.5) is 0 Å². The van der Waals surface area contributed by atoms with Crippen molar-refractivity contribution in [3.05, 3.63) is 0 Å². The third-order valence-electron chi connectivity index (χ3n) is 2.25. The fraction of sp³-hybridized carbons (Fsp3) is 0.900. The number of nitrogens with zero attached hydrogens (tertiary/aromatic N) is 1. The molecular weight excluding hydrogens is 212 g/mol. The van der Waals surface area contributed by atoms with Crippen molar-refractivity contribution in [1.29, 1.82) is 0 Å². The van der Waals surface area contributed by atoms with Gasteiger partial charge in [0.2, 0.25) is 0 Å². The van der Waals surface area contributed by atoms with E-state index in [2.05, 4.69) is 37.4 Å². The zero-order chi connectivity index (χ0) is 11.0. The van der Waals surface area contributed by atoms with E-state index in [4.69, 9.17) is 12.2 Å². The first-order chi connectivity index (χ1) is 6.63. The van der Waals surface area contributed by atoms with Crippen molar-refractivity contribution in [3.8, 4) is 0 Å². The summed E-state index contributed by atoms with van der Waals surface area (Å²) in [7, 11) is 2.07. The average molecular weight is 234 g/mol. The fourth-order valence-corrected chi connectivity index (χ4v) is 1.90. The number of rotatable bonds is 6. The highest BCUT2D eigenvalue weighted by Gasteiger charge is 2.10. The van der Waals surface area contributed by atoms with Crippen LogP contribution in [0.25, 0.3) is 0 Å². The Hall–Kier alpha value is 0.0400. The van der Waals surface area contributed by atoms with Crippen molar-refractivity contribution < 1.29 is 0 Å². The maximum absolute atomic E-state index is 5.28. The van der Waals surface area contributed by atoms with Crippen molar-refractivity contribution in [2.75, 3.05) is 25.6 Å². The molecule has 0 radical (unpaired) electrons.